The van der Waals surface area contributed by atoms with E-state index in [0.29, 0.717) is 5.92 Å². The Balaban J connectivity index is 1.42. The van der Waals surface area contributed by atoms with Gasteiger partial charge in [0, 0.05) is 43.3 Å². The van der Waals surface area contributed by atoms with E-state index in [0.717, 1.165) is 43.3 Å². The molecule has 0 spiro atoms. The van der Waals surface area contributed by atoms with Crippen molar-refractivity contribution in [3.05, 3.63) is 65.2 Å². The average Bonchev–Trinajstić information content (AvgIpc) is 3.32. The number of nitrogens with zero attached hydrogens (tertiary/aromatic N) is 4. The fourth-order valence-corrected chi connectivity index (χ4v) is 4.31. The number of hydrogen-bond donors (Lipinski definition) is 1. The Bertz CT molecular complexity index is 806. The first-order chi connectivity index (χ1) is 12.3. The van der Waals surface area contributed by atoms with E-state index in [1.54, 1.807) is 11.3 Å². The van der Waals surface area contributed by atoms with E-state index in [-0.39, 0.29) is 6.61 Å². The molecule has 0 radical (unpaired) electrons. The molecule has 130 valence electrons. The second-order valence-electron chi connectivity index (χ2n) is 6.44. The summed E-state index contributed by atoms with van der Waals surface area (Å²) in [5.74, 6) is 1.69. The zero-order chi connectivity index (χ0) is 17.1. The van der Waals surface area contributed by atoms with Gasteiger partial charge in [0.05, 0.1) is 12.3 Å². The van der Waals surface area contributed by atoms with Crippen LogP contribution in [0, 0.1) is 0 Å². The molecule has 1 saturated heterocycles. The van der Waals surface area contributed by atoms with Gasteiger partial charge in [-0.15, -0.1) is 11.3 Å². The standard InChI is InChI=1S/C19H22N4OS/c24-13-17-14-25-19(21-17)22-9-6-16(7-10-22)18-20-8-11-23(18)12-15-4-2-1-3-5-15/h1-5,8,11,14,16,24H,6-7,9-10,12-13H2. The Morgan fingerprint density at radius 2 is 1.96 bits per heavy atom. The third-order valence-electron chi connectivity index (χ3n) is 4.78. The molecule has 0 amide bonds. The number of piperidine rings is 1. The highest BCUT2D eigenvalue weighted by Gasteiger charge is 2.25. The molecule has 1 aliphatic heterocycles. The van der Waals surface area contributed by atoms with E-state index in [1.807, 2.05) is 11.6 Å². The number of thiazole rings is 1. The van der Waals surface area contributed by atoms with Crippen LogP contribution in [0.5, 0.6) is 0 Å². The highest BCUT2D eigenvalue weighted by atomic mass is 32.1. The van der Waals surface area contributed by atoms with E-state index < -0.39 is 0 Å². The zero-order valence-corrected chi connectivity index (χ0v) is 14.9. The molecular formula is C19H22N4OS. The van der Waals surface area contributed by atoms with Crippen LogP contribution in [0.2, 0.25) is 0 Å². The Morgan fingerprint density at radius 1 is 1.16 bits per heavy atom. The Labute approximate surface area is 151 Å². The summed E-state index contributed by atoms with van der Waals surface area (Å²) in [6.45, 7) is 2.87. The van der Waals surface area contributed by atoms with E-state index in [1.165, 1.54) is 11.4 Å². The SMILES string of the molecule is OCc1csc(N2CCC(c3nccn3Cc3ccccc3)CC2)n1. The monoisotopic (exact) mass is 354 g/mol. The topological polar surface area (TPSA) is 54.2 Å². The number of rotatable bonds is 5. The van der Waals surface area contributed by atoms with Crippen LogP contribution in [-0.2, 0) is 13.2 Å². The van der Waals surface area contributed by atoms with Crippen molar-refractivity contribution >= 4 is 16.5 Å². The van der Waals surface area contributed by atoms with Crippen LogP contribution < -0.4 is 4.90 Å². The number of imidazole rings is 1. The predicted molar refractivity (Wildman–Crippen MR) is 100.0 cm³/mol. The second-order valence-corrected chi connectivity index (χ2v) is 7.28. The lowest BCUT2D eigenvalue weighted by molar-refractivity contribution is 0.277. The van der Waals surface area contributed by atoms with Gasteiger partial charge in [0.15, 0.2) is 5.13 Å². The molecule has 3 aromatic rings. The summed E-state index contributed by atoms with van der Waals surface area (Å²) in [6, 6.07) is 10.5. The van der Waals surface area contributed by atoms with Crippen LogP contribution in [0.15, 0.2) is 48.1 Å². The third kappa shape index (κ3) is 3.60. The molecule has 1 N–H and O–H groups in total. The predicted octanol–water partition coefficient (Wildman–Crippen LogP) is 3.26. The average molecular weight is 354 g/mol. The van der Waals surface area contributed by atoms with Gasteiger partial charge in [-0.2, -0.15) is 0 Å². The fraction of sp³-hybridized carbons (Fsp3) is 0.368. The molecule has 0 bridgehead atoms. The zero-order valence-electron chi connectivity index (χ0n) is 14.1. The summed E-state index contributed by atoms with van der Waals surface area (Å²) < 4.78 is 2.28. The first kappa shape index (κ1) is 16.3. The molecule has 1 aromatic carbocycles. The largest absolute Gasteiger partial charge is 0.390 e. The van der Waals surface area contributed by atoms with Gasteiger partial charge in [0.1, 0.15) is 5.82 Å². The molecule has 0 atom stereocenters. The van der Waals surface area contributed by atoms with Gasteiger partial charge in [0.2, 0.25) is 0 Å². The molecule has 25 heavy (non-hydrogen) atoms. The lowest BCUT2D eigenvalue weighted by atomic mass is 9.96. The summed E-state index contributed by atoms with van der Waals surface area (Å²) in [5, 5.41) is 12.1. The Kier molecular flexibility index (Phi) is 4.81. The van der Waals surface area contributed by atoms with Crippen molar-refractivity contribution in [2.45, 2.75) is 31.9 Å². The van der Waals surface area contributed by atoms with Crippen LogP contribution in [0.1, 0.15) is 35.8 Å². The number of aliphatic hydroxyl groups excluding tert-OH is 1. The van der Waals surface area contributed by atoms with Crippen molar-refractivity contribution in [3.8, 4) is 0 Å². The molecule has 6 heteroatoms. The summed E-state index contributed by atoms with van der Waals surface area (Å²) in [7, 11) is 0. The first-order valence-electron chi connectivity index (χ1n) is 8.68. The molecule has 0 unspecified atom stereocenters. The van der Waals surface area contributed by atoms with Crippen molar-refractivity contribution in [3.63, 3.8) is 0 Å². The van der Waals surface area contributed by atoms with Gasteiger partial charge in [-0.3, -0.25) is 0 Å². The van der Waals surface area contributed by atoms with Gasteiger partial charge >= 0.3 is 0 Å². The van der Waals surface area contributed by atoms with Crippen LogP contribution in [-0.4, -0.2) is 32.7 Å². The third-order valence-corrected chi connectivity index (χ3v) is 5.73. The maximum absolute atomic E-state index is 9.18. The van der Waals surface area contributed by atoms with E-state index in [2.05, 4.69) is 56.0 Å². The van der Waals surface area contributed by atoms with E-state index in [4.69, 9.17) is 0 Å². The minimum atomic E-state index is 0.0177. The molecule has 2 aromatic heterocycles. The number of aliphatic hydroxyl groups is 1. The maximum Gasteiger partial charge on any atom is 0.185 e. The van der Waals surface area contributed by atoms with Crippen molar-refractivity contribution in [2.24, 2.45) is 0 Å². The van der Waals surface area contributed by atoms with Crippen LogP contribution >= 0.6 is 11.3 Å². The molecule has 5 nitrogen and oxygen atoms in total. The Hall–Kier alpha value is -2.18. The van der Waals surface area contributed by atoms with Gasteiger partial charge < -0.3 is 14.6 Å². The smallest absolute Gasteiger partial charge is 0.185 e. The van der Waals surface area contributed by atoms with Crippen molar-refractivity contribution in [1.29, 1.82) is 0 Å². The molecular weight excluding hydrogens is 332 g/mol. The quantitative estimate of drug-likeness (QED) is 0.764. The van der Waals surface area contributed by atoms with Crippen molar-refractivity contribution in [2.75, 3.05) is 18.0 Å². The lowest BCUT2D eigenvalue weighted by Crippen LogP contribution is -2.33. The Morgan fingerprint density at radius 3 is 2.68 bits per heavy atom. The summed E-state index contributed by atoms with van der Waals surface area (Å²) in [4.78, 5) is 11.5. The normalized spacial score (nSPS) is 15.6. The minimum absolute atomic E-state index is 0.0177. The van der Waals surface area contributed by atoms with Crippen LogP contribution in [0.3, 0.4) is 0 Å². The molecule has 1 aliphatic rings. The molecule has 0 saturated carbocycles. The van der Waals surface area contributed by atoms with Crippen molar-refractivity contribution in [1.82, 2.24) is 14.5 Å². The molecule has 4 rings (SSSR count). The van der Waals surface area contributed by atoms with Crippen molar-refractivity contribution < 1.29 is 5.11 Å². The van der Waals surface area contributed by atoms with Crippen LogP contribution in [0.25, 0.3) is 0 Å². The highest BCUT2D eigenvalue weighted by molar-refractivity contribution is 7.13. The minimum Gasteiger partial charge on any atom is -0.390 e. The fourth-order valence-electron chi connectivity index (χ4n) is 3.44. The second kappa shape index (κ2) is 7.37. The first-order valence-corrected chi connectivity index (χ1v) is 9.56. The van der Waals surface area contributed by atoms with Gasteiger partial charge in [-0.25, -0.2) is 9.97 Å². The van der Waals surface area contributed by atoms with Gasteiger partial charge in [-0.1, -0.05) is 30.3 Å². The highest BCUT2D eigenvalue weighted by Crippen LogP contribution is 2.31. The van der Waals surface area contributed by atoms with Crippen LogP contribution in [0.4, 0.5) is 5.13 Å². The number of hydrogen-bond acceptors (Lipinski definition) is 5. The molecule has 3 heterocycles. The molecule has 0 aliphatic carbocycles. The van der Waals surface area contributed by atoms with E-state index in [9.17, 15) is 5.11 Å². The maximum atomic E-state index is 9.18. The summed E-state index contributed by atoms with van der Waals surface area (Å²) in [5.41, 5.74) is 2.07. The number of aromatic nitrogens is 3. The number of anilines is 1. The molecule has 1 fully saturated rings. The summed E-state index contributed by atoms with van der Waals surface area (Å²) in [6.07, 6.45) is 6.17. The van der Waals surface area contributed by atoms with Gasteiger partial charge in [0.25, 0.3) is 0 Å². The van der Waals surface area contributed by atoms with E-state index >= 15 is 0 Å². The number of benzene rings is 1. The summed E-state index contributed by atoms with van der Waals surface area (Å²) >= 11 is 1.62. The van der Waals surface area contributed by atoms with Gasteiger partial charge in [-0.05, 0) is 18.4 Å². The lowest BCUT2D eigenvalue weighted by Gasteiger charge is -2.31.